The van der Waals surface area contributed by atoms with Crippen molar-refractivity contribution in [1.29, 1.82) is 0 Å². The second-order valence-electron chi connectivity index (χ2n) is 4.60. The molecular formula is C10H19F2NO2. The number of ether oxygens (including phenoxy) is 1. The van der Waals surface area contributed by atoms with Crippen molar-refractivity contribution in [3.63, 3.8) is 0 Å². The third-order valence-corrected chi connectivity index (χ3v) is 2.57. The lowest BCUT2D eigenvalue weighted by Crippen LogP contribution is -2.37. The minimum atomic E-state index is -2.68. The number of rotatable bonds is 5. The third kappa shape index (κ3) is 4.40. The maximum atomic E-state index is 11.9. The van der Waals surface area contributed by atoms with Crippen LogP contribution in [0.15, 0.2) is 0 Å². The lowest BCUT2D eigenvalue weighted by atomic mass is 10.1. The largest absolute Gasteiger partial charge is 0.386 e. The SMILES string of the molecule is CC1(C)CCC(CNCC(O)C(F)F)O1. The molecule has 2 N–H and O–H groups in total. The molecule has 0 radical (unpaired) electrons. The van der Waals surface area contributed by atoms with E-state index in [-0.39, 0.29) is 18.2 Å². The molecule has 0 amide bonds. The Bertz CT molecular complexity index is 200. The number of alkyl halides is 2. The zero-order valence-corrected chi connectivity index (χ0v) is 9.17. The molecule has 5 heteroatoms. The summed E-state index contributed by atoms with van der Waals surface area (Å²) in [4.78, 5) is 0. The van der Waals surface area contributed by atoms with Crippen LogP contribution < -0.4 is 5.32 Å². The summed E-state index contributed by atoms with van der Waals surface area (Å²) in [5.41, 5.74) is -0.103. The number of hydrogen-bond donors (Lipinski definition) is 2. The van der Waals surface area contributed by atoms with E-state index in [1.165, 1.54) is 0 Å². The third-order valence-electron chi connectivity index (χ3n) is 2.57. The van der Waals surface area contributed by atoms with Gasteiger partial charge in [0.25, 0.3) is 6.43 Å². The van der Waals surface area contributed by atoms with Crippen LogP contribution >= 0.6 is 0 Å². The Morgan fingerprint density at radius 3 is 2.67 bits per heavy atom. The molecule has 0 aromatic heterocycles. The molecule has 0 saturated carbocycles. The normalized spacial score (nSPS) is 27.2. The fourth-order valence-corrected chi connectivity index (χ4v) is 1.70. The Hall–Kier alpha value is -0.260. The Morgan fingerprint density at radius 2 is 2.20 bits per heavy atom. The molecule has 15 heavy (non-hydrogen) atoms. The number of halogens is 2. The predicted octanol–water partition coefficient (Wildman–Crippen LogP) is 1.16. The van der Waals surface area contributed by atoms with E-state index in [0.717, 1.165) is 12.8 Å². The second kappa shape index (κ2) is 5.18. The highest BCUT2D eigenvalue weighted by atomic mass is 19.3. The summed E-state index contributed by atoms with van der Waals surface area (Å²) < 4.78 is 29.5. The molecule has 1 saturated heterocycles. The van der Waals surface area contributed by atoms with Crippen LogP contribution in [-0.4, -0.2) is 42.4 Å². The van der Waals surface area contributed by atoms with Crippen molar-refractivity contribution in [2.24, 2.45) is 0 Å². The first-order chi connectivity index (χ1) is 6.91. The molecule has 1 rings (SSSR count). The maximum Gasteiger partial charge on any atom is 0.265 e. The van der Waals surface area contributed by atoms with Crippen molar-refractivity contribution in [3.8, 4) is 0 Å². The van der Waals surface area contributed by atoms with Crippen LogP contribution in [0.5, 0.6) is 0 Å². The van der Waals surface area contributed by atoms with Crippen molar-refractivity contribution < 1.29 is 18.6 Å². The van der Waals surface area contributed by atoms with Gasteiger partial charge < -0.3 is 15.2 Å². The van der Waals surface area contributed by atoms with E-state index in [1.807, 2.05) is 13.8 Å². The molecule has 1 aliphatic rings. The average molecular weight is 223 g/mol. The van der Waals surface area contributed by atoms with Gasteiger partial charge in [-0.2, -0.15) is 0 Å². The fraction of sp³-hybridized carbons (Fsp3) is 1.00. The van der Waals surface area contributed by atoms with Gasteiger partial charge in [0.2, 0.25) is 0 Å². The van der Waals surface area contributed by atoms with Crippen LogP contribution in [0.25, 0.3) is 0 Å². The van der Waals surface area contributed by atoms with Crippen LogP contribution in [0.1, 0.15) is 26.7 Å². The minimum Gasteiger partial charge on any atom is -0.386 e. The van der Waals surface area contributed by atoms with E-state index in [0.29, 0.717) is 6.54 Å². The van der Waals surface area contributed by atoms with E-state index < -0.39 is 12.5 Å². The average Bonchev–Trinajstić information content (AvgIpc) is 2.45. The smallest absolute Gasteiger partial charge is 0.265 e. The summed E-state index contributed by atoms with van der Waals surface area (Å²) in [6.45, 7) is 4.47. The van der Waals surface area contributed by atoms with Gasteiger partial charge in [0.1, 0.15) is 6.10 Å². The molecular weight excluding hydrogens is 204 g/mol. The van der Waals surface area contributed by atoms with Crippen molar-refractivity contribution in [3.05, 3.63) is 0 Å². The van der Waals surface area contributed by atoms with E-state index in [1.54, 1.807) is 0 Å². The van der Waals surface area contributed by atoms with Crippen molar-refractivity contribution >= 4 is 0 Å². The first kappa shape index (κ1) is 12.8. The Kier molecular flexibility index (Phi) is 4.43. The highest BCUT2D eigenvalue weighted by Crippen LogP contribution is 2.28. The number of aliphatic hydroxyl groups excluding tert-OH is 1. The van der Waals surface area contributed by atoms with Gasteiger partial charge in [0, 0.05) is 13.1 Å². The van der Waals surface area contributed by atoms with Crippen LogP contribution in [0.2, 0.25) is 0 Å². The summed E-state index contributed by atoms with van der Waals surface area (Å²) in [6, 6.07) is 0. The fourth-order valence-electron chi connectivity index (χ4n) is 1.70. The van der Waals surface area contributed by atoms with E-state index in [4.69, 9.17) is 9.84 Å². The number of aliphatic hydroxyl groups is 1. The first-order valence-electron chi connectivity index (χ1n) is 5.25. The molecule has 0 bridgehead atoms. The molecule has 1 aliphatic heterocycles. The Labute approximate surface area is 88.8 Å². The predicted molar refractivity (Wildman–Crippen MR) is 53.1 cm³/mol. The van der Waals surface area contributed by atoms with Gasteiger partial charge in [-0.3, -0.25) is 0 Å². The van der Waals surface area contributed by atoms with Gasteiger partial charge in [-0.1, -0.05) is 0 Å². The van der Waals surface area contributed by atoms with E-state index >= 15 is 0 Å². The molecule has 1 fully saturated rings. The summed E-state index contributed by atoms with van der Waals surface area (Å²) in [5.74, 6) is 0. The van der Waals surface area contributed by atoms with Crippen LogP contribution in [-0.2, 0) is 4.74 Å². The molecule has 2 atom stereocenters. The zero-order valence-electron chi connectivity index (χ0n) is 9.17. The topological polar surface area (TPSA) is 41.5 Å². The quantitative estimate of drug-likeness (QED) is 0.735. The van der Waals surface area contributed by atoms with Gasteiger partial charge in [0.15, 0.2) is 0 Å². The Balaban J connectivity index is 2.11. The Morgan fingerprint density at radius 1 is 1.53 bits per heavy atom. The van der Waals surface area contributed by atoms with Crippen LogP contribution in [0, 0.1) is 0 Å². The van der Waals surface area contributed by atoms with Gasteiger partial charge in [-0.05, 0) is 26.7 Å². The number of hydrogen-bond acceptors (Lipinski definition) is 3. The molecule has 0 aliphatic carbocycles. The highest BCUT2D eigenvalue weighted by Gasteiger charge is 2.31. The summed E-state index contributed by atoms with van der Waals surface area (Å²) in [5, 5.41) is 11.6. The van der Waals surface area contributed by atoms with Crippen LogP contribution in [0.3, 0.4) is 0 Å². The molecule has 2 unspecified atom stereocenters. The standard InChI is InChI=1S/C10H19F2NO2/c1-10(2)4-3-7(15-10)5-13-6-8(14)9(11)12/h7-9,13-14H,3-6H2,1-2H3. The monoisotopic (exact) mass is 223 g/mol. The van der Waals surface area contributed by atoms with Crippen LogP contribution in [0.4, 0.5) is 8.78 Å². The summed E-state index contributed by atoms with van der Waals surface area (Å²) in [7, 11) is 0. The van der Waals surface area contributed by atoms with Gasteiger partial charge in [0.05, 0.1) is 11.7 Å². The van der Waals surface area contributed by atoms with E-state index in [2.05, 4.69) is 5.32 Å². The lowest BCUT2D eigenvalue weighted by molar-refractivity contribution is -0.0226. The molecule has 0 aromatic carbocycles. The minimum absolute atomic E-state index is 0.0740. The molecule has 3 nitrogen and oxygen atoms in total. The summed E-state index contributed by atoms with van der Waals surface area (Å²) in [6.07, 6.45) is -2.27. The lowest BCUT2D eigenvalue weighted by Gasteiger charge is -2.20. The van der Waals surface area contributed by atoms with E-state index in [9.17, 15) is 8.78 Å². The molecule has 0 spiro atoms. The highest BCUT2D eigenvalue weighted by molar-refractivity contribution is 4.82. The maximum absolute atomic E-state index is 11.9. The summed E-state index contributed by atoms with van der Waals surface area (Å²) >= 11 is 0. The van der Waals surface area contributed by atoms with Gasteiger partial charge in [-0.15, -0.1) is 0 Å². The molecule has 1 heterocycles. The van der Waals surface area contributed by atoms with Gasteiger partial charge in [-0.25, -0.2) is 8.78 Å². The molecule has 90 valence electrons. The molecule has 0 aromatic rings. The van der Waals surface area contributed by atoms with Crippen molar-refractivity contribution in [1.82, 2.24) is 5.32 Å². The van der Waals surface area contributed by atoms with Crippen molar-refractivity contribution in [2.75, 3.05) is 13.1 Å². The van der Waals surface area contributed by atoms with Crippen molar-refractivity contribution in [2.45, 2.75) is 50.9 Å². The number of nitrogens with one attached hydrogen (secondary N) is 1. The first-order valence-corrected chi connectivity index (χ1v) is 5.25. The zero-order chi connectivity index (χ0) is 11.5. The van der Waals surface area contributed by atoms with Gasteiger partial charge >= 0.3 is 0 Å². The second-order valence-corrected chi connectivity index (χ2v) is 4.60.